The summed E-state index contributed by atoms with van der Waals surface area (Å²) in [6, 6.07) is 0. The molecule has 2 bridgehead atoms. The zero-order valence-electron chi connectivity index (χ0n) is 16.7. The van der Waals surface area contributed by atoms with E-state index < -0.39 is 10.0 Å². The third kappa shape index (κ3) is 3.79. The van der Waals surface area contributed by atoms with Crippen LogP contribution in [-0.4, -0.2) is 80.4 Å². The number of hydrogen-bond donors (Lipinski definition) is 2. The Morgan fingerprint density at radius 2 is 1.83 bits per heavy atom. The second-order valence-corrected chi connectivity index (χ2v) is 10.2. The van der Waals surface area contributed by atoms with Crippen LogP contribution < -0.4 is 10.6 Å². The predicted octanol–water partition coefficient (Wildman–Crippen LogP) is -0.616. The molecule has 2 saturated heterocycles. The summed E-state index contributed by atoms with van der Waals surface area (Å²) in [6.07, 6.45) is 5.79. The Labute approximate surface area is 171 Å². The summed E-state index contributed by atoms with van der Waals surface area (Å²) in [4.78, 5) is 31.2. The molecule has 4 unspecified atom stereocenters. The lowest BCUT2D eigenvalue weighted by Gasteiger charge is -2.19. The zero-order chi connectivity index (χ0) is 20.6. The van der Waals surface area contributed by atoms with Gasteiger partial charge in [0.2, 0.25) is 21.8 Å². The SMILES string of the molecule is CCNC(=NCCN1CCCS1(=O)=O)NCCN1C(=O)C2C3C=CC(C3)C2C1=O. The van der Waals surface area contributed by atoms with Crippen molar-refractivity contribution in [3.8, 4) is 0 Å². The van der Waals surface area contributed by atoms with E-state index in [0.717, 1.165) is 6.42 Å². The van der Waals surface area contributed by atoms with Crippen molar-refractivity contribution in [1.29, 1.82) is 0 Å². The average Bonchev–Trinajstić information content (AvgIpc) is 3.42. The molecule has 3 fully saturated rings. The Bertz CT molecular complexity index is 810. The summed E-state index contributed by atoms with van der Waals surface area (Å²) < 4.78 is 25.2. The quantitative estimate of drug-likeness (QED) is 0.244. The Morgan fingerprint density at radius 1 is 1.14 bits per heavy atom. The third-order valence-electron chi connectivity index (χ3n) is 6.36. The van der Waals surface area contributed by atoms with E-state index in [2.05, 4.69) is 27.8 Å². The number of likely N-dealkylation sites (tertiary alicyclic amines) is 1. The van der Waals surface area contributed by atoms with Crippen LogP contribution in [0.2, 0.25) is 0 Å². The number of sulfonamides is 1. The first-order valence-corrected chi connectivity index (χ1v) is 12.1. The molecule has 2 aliphatic heterocycles. The number of guanidine groups is 1. The molecular formula is C19H29N5O4S. The molecule has 2 aliphatic carbocycles. The van der Waals surface area contributed by atoms with Crippen molar-refractivity contribution in [2.24, 2.45) is 28.7 Å². The van der Waals surface area contributed by atoms with E-state index in [9.17, 15) is 18.0 Å². The maximum atomic E-state index is 12.7. The summed E-state index contributed by atoms with van der Waals surface area (Å²) in [6.45, 7) is 4.60. The molecule has 10 heteroatoms. The van der Waals surface area contributed by atoms with Gasteiger partial charge in [0.15, 0.2) is 5.96 Å². The average molecular weight is 424 g/mol. The van der Waals surface area contributed by atoms with Crippen LogP contribution in [0.3, 0.4) is 0 Å². The van der Waals surface area contributed by atoms with Gasteiger partial charge in [-0.3, -0.25) is 19.5 Å². The van der Waals surface area contributed by atoms with Crippen molar-refractivity contribution in [2.75, 3.05) is 45.0 Å². The van der Waals surface area contributed by atoms with E-state index in [-0.39, 0.29) is 41.2 Å². The lowest BCUT2D eigenvalue weighted by molar-refractivity contribution is -0.140. The predicted molar refractivity (Wildman–Crippen MR) is 108 cm³/mol. The number of allylic oxidation sites excluding steroid dienone is 2. The van der Waals surface area contributed by atoms with Crippen molar-refractivity contribution < 1.29 is 18.0 Å². The van der Waals surface area contributed by atoms with Gasteiger partial charge in [0.05, 0.1) is 24.1 Å². The first kappa shape index (κ1) is 20.3. The van der Waals surface area contributed by atoms with Gasteiger partial charge in [-0.05, 0) is 31.6 Å². The highest BCUT2D eigenvalue weighted by molar-refractivity contribution is 7.89. The maximum Gasteiger partial charge on any atom is 0.233 e. The number of imide groups is 1. The first-order valence-electron chi connectivity index (χ1n) is 10.5. The van der Waals surface area contributed by atoms with Crippen molar-refractivity contribution in [1.82, 2.24) is 19.8 Å². The Balaban J connectivity index is 1.28. The van der Waals surface area contributed by atoms with E-state index in [1.807, 2.05) is 6.92 Å². The normalized spacial score (nSPS) is 33.0. The molecule has 0 radical (unpaired) electrons. The van der Waals surface area contributed by atoms with Gasteiger partial charge in [-0.1, -0.05) is 12.2 Å². The molecule has 4 rings (SSSR count). The lowest BCUT2D eigenvalue weighted by atomic mass is 9.85. The van der Waals surface area contributed by atoms with Gasteiger partial charge in [0.1, 0.15) is 0 Å². The minimum atomic E-state index is -3.11. The van der Waals surface area contributed by atoms with Gasteiger partial charge in [0.25, 0.3) is 0 Å². The summed E-state index contributed by atoms with van der Waals surface area (Å²) in [5, 5.41) is 6.26. The van der Waals surface area contributed by atoms with Gasteiger partial charge in [0, 0.05) is 32.7 Å². The van der Waals surface area contributed by atoms with Gasteiger partial charge >= 0.3 is 0 Å². The fourth-order valence-corrected chi connectivity index (χ4v) is 6.55. The van der Waals surface area contributed by atoms with Crippen molar-refractivity contribution in [2.45, 2.75) is 19.8 Å². The van der Waals surface area contributed by atoms with Crippen molar-refractivity contribution in [3.63, 3.8) is 0 Å². The molecule has 2 N–H and O–H groups in total. The maximum absolute atomic E-state index is 12.7. The number of carbonyl (C=O) groups is 2. The van der Waals surface area contributed by atoms with E-state index >= 15 is 0 Å². The molecule has 0 aromatic carbocycles. The molecule has 1 saturated carbocycles. The summed E-state index contributed by atoms with van der Waals surface area (Å²) >= 11 is 0. The third-order valence-corrected chi connectivity index (χ3v) is 8.31. The van der Waals surface area contributed by atoms with Crippen molar-refractivity contribution >= 4 is 27.8 Å². The number of fused-ring (bicyclic) bond motifs is 5. The number of nitrogens with zero attached hydrogens (tertiary/aromatic N) is 3. The van der Waals surface area contributed by atoms with E-state index in [0.29, 0.717) is 51.6 Å². The van der Waals surface area contributed by atoms with Crippen LogP contribution in [0.4, 0.5) is 0 Å². The fraction of sp³-hybridized carbons (Fsp3) is 0.737. The zero-order valence-corrected chi connectivity index (χ0v) is 17.5. The van der Waals surface area contributed by atoms with Crippen LogP contribution >= 0.6 is 0 Å². The van der Waals surface area contributed by atoms with Gasteiger partial charge in [-0.25, -0.2) is 12.7 Å². The molecule has 4 atom stereocenters. The molecule has 0 aromatic heterocycles. The van der Waals surface area contributed by atoms with E-state index in [1.54, 1.807) is 0 Å². The minimum absolute atomic E-state index is 0.0418. The van der Waals surface area contributed by atoms with E-state index in [4.69, 9.17) is 0 Å². The largest absolute Gasteiger partial charge is 0.357 e. The Hall–Kier alpha value is -1.94. The number of hydrogen-bond acceptors (Lipinski definition) is 5. The van der Waals surface area contributed by atoms with E-state index in [1.165, 1.54) is 9.21 Å². The van der Waals surface area contributed by atoms with Crippen LogP contribution in [-0.2, 0) is 19.6 Å². The molecule has 29 heavy (non-hydrogen) atoms. The summed E-state index contributed by atoms with van der Waals surface area (Å²) in [5.41, 5.74) is 0. The van der Waals surface area contributed by atoms with Gasteiger partial charge in [-0.15, -0.1) is 0 Å². The van der Waals surface area contributed by atoms with Crippen LogP contribution in [0, 0.1) is 23.7 Å². The highest BCUT2D eigenvalue weighted by Crippen LogP contribution is 2.52. The number of nitrogens with one attached hydrogen (secondary N) is 2. The standard InChI is InChI=1S/C19H29N5O4S/c1-2-20-19(21-6-9-23-8-3-11-29(23,27)28)22-7-10-24-17(25)15-13-4-5-14(12-13)16(15)18(24)26/h4-5,13-16H,2-3,6-12H2,1H3,(H2,20,21,22). The lowest BCUT2D eigenvalue weighted by Crippen LogP contribution is -2.44. The molecular weight excluding hydrogens is 394 g/mol. The molecule has 2 amide bonds. The molecule has 160 valence electrons. The smallest absolute Gasteiger partial charge is 0.233 e. The second-order valence-electron chi connectivity index (χ2n) is 8.08. The highest BCUT2D eigenvalue weighted by Gasteiger charge is 2.58. The van der Waals surface area contributed by atoms with Crippen LogP contribution in [0.1, 0.15) is 19.8 Å². The molecule has 9 nitrogen and oxygen atoms in total. The molecule has 0 spiro atoms. The molecule has 0 aromatic rings. The summed E-state index contributed by atoms with van der Waals surface area (Å²) in [7, 11) is -3.11. The number of rotatable bonds is 7. The minimum Gasteiger partial charge on any atom is -0.357 e. The Morgan fingerprint density at radius 3 is 2.41 bits per heavy atom. The number of amides is 2. The van der Waals surface area contributed by atoms with Crippen LogP contribution in [0.5, 0.6) is 0 Å². The Kier molecular flexibility index (Phi) is 5.65. The first-order chi connectivity index (χ1) is 13.9. The number of carbonyl (C=O) groups excluding carboxylic acids is 2. The fourth-order valence-electron chi connectivity index (χ4n) is 5.03. The van der Waals surface area contributed by atoms with Crippen molar-refractivity contribution in [3.05, 3.63) is 12.2 Å². The monoisotopic (exact) mass is 423 g/mol. The van der Waals surface area contributed by atoms with Crippen LogP contribution in [0.15, 0.2) is 17.1 Å². The van der Waals surface area contributed by atoms with Gasteiger partial charge < -0.3 is 10.6 Å². The second kappa shape index (κ2) is 8.06. The molecule has 2 heterocycles. The number of aliphatic imine (C=N–C) groups is 1. The summed E-state index contributed by atoms with van der Waals surface area (Å²) in [5.74, 6) is 0.806. The highest BCUT2D eigenvalue weighted by atomic mass is 32.2. The van der Waals surface area contributed by atoms with Gasteiger partial charge in [-0.2, -0.15) is 0 Å². The van der Waals surface area contributed by atoms with Crippen LogP contribution in [0.25, 0.3) is 0 Å². The molecule has 4 aliphatic rings. The topological polar surface area (TPSA) is 111 Å².